The topological polar surface area (TPSA) is 52.0 Å². The van der Waals surface area contributed by atoms with Crippen molar-refractivity contribution in [2.75, 3.05) is 26.0 Å². The maximum absolute atomic E-state index is 8.93. The minimum absolute atomic E-state index is 0.191. The molecule has 1 N–H and O–H groups in total. The van der Waals surface area contributed by atoms with E-state index < -0.39 is 0 Å². The minimum atomic E-state index is 0.191. The van der Waals surface area contributed by atoms with Gasteiger partial charge < -0.3 is 10.2 Å². The Kier molecular flexibility index (Phi) is 4.28. The number of pyridine rings is 1. The van der Waals surface area contributed by atoms with Gasteiger partial charge in [0.2, 0.25) is 0 Å². The van der Waals surface area contributed by atoms with Crippen LogP contribution in [0.3, 0.4) is 0 Å². The van der Waals surface area contributed by atoms with Crippen LogP contribution in [0.25, 0.3) is 0 Å². The molecule has 4 nitrogen and oxygen atoms in total. The Morgan fingerprint density at radius 2 is 2.11 bits per heavy atom. The third kappa shape index (κ3) is 3.17. The van der Waals surface area contributed by atoms with E-state index >= 15 is 0 Å². The average molecular weight is 279 g/mol. The Balaban J connectivity index is 2.09. The molecule has 0 aromatic carbocycles. The summed E-state index contributed by atoms with van der Waals surface area (Å²) in [5, 5.41) is 12.6. The predicted molar refractivity (Wildman–Crippen MR) is 77.3 cm³/mol. The highest BCUT2D eigenvalue weighted by Gasteiger charge is 2.35. The summed E-state index contributed by atoms with van der Waals surface area (Å²) >= 11 is 5.91. The minimum Gasteiger partial charge on any atom is -0.368 e. The van der Waals surface area contributed by atoms with Crippen molar-refractivity contribution in [3.63, 3.8) is 0 Å². The number of halogens is 1. The summed E-state index contributed by atoms with van der Waals surface area (Å²) < 4.78 is 0. The third-order valence-corrected chi connectivity index (χ3v) is 4.20. The summed E-state index contributed by atoms with van der Waals surface area (Å²) in [7, 11) is 4.25. The first-order valence-corrected chi connectivity index (χ1v) is 6.92. The first kappa shape index (κ1) is 14.1. The van der Waals surface area contributed by atoms with E-state index in [4.69, 9.17) is 16.9 Å². The first-order chi connectivity index (χ1) is 9.05. The van der Waals surface area contributed by atoms with Gasteiger partial charge in [0.05, 0.1) is 11.6 Å². The third-order valence-electron chi connectivity index (χ3n) is 4.00. The van der Waals surface area contributed by atoms with Crippen molar-refractivity contribution in [2.24, 2.45) is 0 Å². The molecule has 102 valence electrons. The lowest BCUT2D eigenvalue weighted by molar-refractivity contribution is 0.172. The Bertz CT molecular complexity index is 487. The van der Waals surface area contributed by atoms with E-state index in [9.17, 15) is 0 Å². The number of aromatic nitrogens is 1. The number of nitriles is 1. The smallest absolute Gasteiger partial charge is 0.132 e. The number of anilines is 1. The molecule has 1 aliphatic rings. The van der Waals surface area contributed by atoms with Gasteiger partial charge in [0, 0.05) is 12.1 Å². The molecule has 0 amide bonds. The highest BCUT2D eigenvalue weighted by atomic mass is 35.5. The van der Waals surface area contributed by atoms with Crippen molar-refractivity contribution in [2.45, 2.75) is 31.2 Å². The Morgan fingerprint density at radius 1 is 1.42 bits per heavy atom. The Hall–Kier alpha value is -1.31. The second-order valence-electron chi connectivity index (χ2n) is 5.36. The van der Waals surface area contributed by atoms with Gasteiger partial charge in [-0.3, -0.25) is 0 Å². The van der Waals surface area contributed by atoms with Crippen molar-refractivity contribution in [1.29, 1.82) is 5.26 Å². The molecule has 19 heavy (non-hydrogen) atoms. The van der Waals surface area contributed by atoms with Crippen molar-refractivity contribution < 1.29 is 0 Å². The zero-order chi connectivity index (χ0) is 13.9. The molecule has 1 heterocycles. The number of likely N-dealkylation sites (N-methyl/N-ethyl adjacent to an activating group) is 1. The Labute approximate surface area is 119 Å². The lowest BCUT2D eigenvalue weighted by atomic mass is 9.96. The fourth-order valence-corrected chi connectivity index (χ4v) is 2.93. The van der Waals surface area contributed by atoms with Gasteiger partial charge in [-0.05, 0) is 39.1 Å². The van der Waals surface area contributed by atoms with E-state index in [0.717, 1.165) is 6.54 Å². The van der Waals surface area contributed by atoms with Crippen LogP contribution in [0.15, 0.2) is 12.1 Å². The van der Waals surface area contributed by atoms with Crippen LogP contribution >= 0.6 is 11.6 Å². The molecule has 0 unspecified atom stereocenters. The van der Waals surface area contributed by atoms with Crippen LogP contribution in [0, 0.1) is 11.3 Å². The van der Waals surface area contributed by atoms with Gasteiger partial charge in [-0.2, -0.15) is 5.26 Å². The molecule has 0 atom stereocenters. The van der Waals surface area contributed by atoms with Crippen LogP contribution in [0.4, 0.5) is 5.82 Å². The van der Waals surface area contributed by atoms with E-state index in [-0.39, 0.29) is 5.54 Å². The molecule has 1 aromatic rings. The summed E-state index contributed by atoms with van der Waals surface area (Å²) in [4.78, 5) is 6.51. The fraction of sp³-hybridized carbons (Fsp3) is 0.571. The van der Waals surface area contributed by atoms with Crippen LogP contribution < -0.4 is 5.32 Å². The van der Waals surface area contributed by atoms with Crippen LogP contribution in [0.5, 0.6) is 0 Å². The molecule has 1 aromatic heterocycles. The first-order valence-electron chi connectivity index (χ1n) is 6.55. The molecule has 0 saturated heterocycles. The number of nitrogens with one attached hydrogen (secondary N) is 1. The summed E-state index contributed by atoms with van der Waals surface area (Å²) in [6.45, 7) is 0.832. The van der Waals surface area contributed by atoms with Crippen molar-refractivity contribution in [1.82, 2.24) is 9.88 Å². The normalized spacial score (nSPS) is 17.4. The van der Waals surface area contributed by atoms with Crippen molar-refractivity contribution in [3.05, 3.63) is 22.8 Å². The summed E-state index contributed by atoms with van der Waals surface area (Å²) in [6, 6.07) is 5.41. The molecule has 5 heteroatoms. The van der Waals surface area contributed by atoms with Gasteiger partial charge in [0.25, 0.3) is 0 Å². The molecule has 0 spiro atoms. The molecule has 0 radical (unpaired) electrons. The quantitative estimate of drug-likeness (QED) is 0.861. The fourth-order valence-electron chi connectivity index (χ4n) is 2.72. The average Bonchev–Trinajstić information content (AvgIpc) is 2.86. The zero-order valence-corrected chi connectivity index (χ0v) is 12.2. The van der Waals surface area contributed by atoms with Gasteiger partial charge in [0.15, 0.2) is 0 Å². The van der Waals surface area contributed by atoms with Gasteiger partial charge in [-0.25, -0.2) is 4.98 Å². The second-order valence-corrected chi connectivity index (χ2v) is 5.74. The molecule has 1 saturated carbocycles. The summed E-state index contributed by atoms with van der Waals surface area (Å²) in [6.07, 6.45) is 4.93. The number of hydrogen-bond donors (Lipinski definition) is 1. The van der Waals surface area contributed by atoms with E-state index in [0.29, 0.717) is 16.5 Å². The number of rotatable bonds is 4. The zero-order valence-electron chi connectivity index (χ0n) is 11.4. The predicted octanol–water partition coefficient (Wildman–Crippen LogP) is 2.89. The lowest BCUT2D eigenvalue weighted by Crippen LogP contribution is -2.47. The van der Waals surface area contributed by atoms with Crippen LogP contribution in [0.1, 0.15) is 31.2 Å². The Morgan fingerprint density at radius 3 is 2.68 bits per heavy atom. The van der Waals surface area contributed by atoms with E-state index in [2.05, 4.69) is 35.4 Å². The highest BCUT2D eigenvalue weighted by Crippen LogP contribution is 2.33. The number of hydrogen-bond acceptors (Lipinski definition) is 4. The van der Waals surface area contributed by atoms with E-state index in [1.165, 1.54) is 25.7 Å². The SMILES string of the molecule is CN(C)C1(CNc2cc(C#N)cc(Cl)n2)CCCC1. The van der Waals surface area contributed by atoms with Crippen LogP contribution in [-0.4, -0.2) is 36.1 Å². The van der Waals surface area contributed by atoms with Gasteiger partial charge in [-0.15, -0.1) is 0 Å². The van der Waals surface area contributed by atoms with Crippen molar-refractivity contribution in [3.8, 4) is 6.07 Å². The van der Waals surface area contributed by atoms with Crippen LogP contribution in [-0.2, 0) is 0 Å². The summed E-state index contributed by atoms with van der Waals surface area (Å²) in [5.41, 5.74) is 0.726. The standard InChI is InChI=1S/C14H19ClN4/c1-19(2)14(5-3-4-6-14)10-17-13-8-11(9-16)7-12(15)18-13/h7-8H,3-6,10H2,1-2H3,(H,17,18). The maximum Gasteiger partial charge on any atom is 0.132 e. The molecular weight excluding hydrogens is 260 g/mol. The highest BCUT2D eigenvalue weighted by molar-refractivity contribution is 6.29. The summed E-state index contributed by atoms with van der Waals surface area (Å²) in [5.74, 6) is 0.678. The molecule has 2 rings (SSSR count). The molecular formula is C14H19ClN4. The lowest BCUT2D eigenvalue weighted by Gasteiger charge is -2.36. The second kappa shape index (κ2) is 5.77. The van der Waals surface area contributed by atoms with E-state index in [1.54, 1.807) is 12.1 Å². The van der Waals surface area contributed by atoms with Crippen molar-refractivity contribution >= 4 is 17.4 Å². The maximum atomic E-state index is 8.93. The number of nitrogens with zero attached hydrogens (tertiary/aromatic N) is 3. The van der Waals surface area contributed by atoms with Gasteiger partial charge >= 0.3 is 0 Å². The molecule has 0 aliphatic heterocycles. The van der Waals surface area contributed by atoms with Gasteiger partial charge in [-0.1, -0.05) is 24.4 Å². The van der Waals surface area contributed by atoms with Crippen LogP contribution in [0.2, 0.25) is 5.15 Å². The van der Waals surface area contributed by atoms with E-state index in [1.807, 2.05) is 0 Å². The largest absolute Gasteiger partial charge is 0.368 e. The molecule has 1 aliphatic carbocycles. The molecule has 1 fully saturated rings. The monoisotopic (exact) mass is 278 g/mol. The van der Waals surface area contributed by atoms with Gasteiger partial charge in [0.1, 0.15) is 11.0 Å². The molecule has 0 bridgehead atoms.